The molecule has 0 atom stereocenters. The van der Waals surface area contributed by atoms with Crippen LogP contribution >= 0.6 is 0 Å². The number of benzene rings is 1. The van der Waals surface area contributed by atoms with E-state index in [0.717, 1.165) is 5.56 Å². The van der Waals surface area contributed by atoms with Gasteiger partial charge >= 0.3 is 12.0 Å². The van der Waals surface area contributed by atoms with Crippen LogP contribution in [0.3, 0.4) is 0 Å². The summed E-state index contributed by atoms with van der Waals surface area (Å²) in [5, 5.41) is 9.03. The van der Waals surface area contributed by atoms with Gasteiger partial charge in [0.1, 0.15) is 6.61 Å². The number of rotatable bonds is 2. The number of urea groups is 1. The van der Waals surface area contributed by atoms with Crippen molar-refractivity contribution in [3.63, 3.8) is 0 Å². The van der Waals surface area contributed by atoms with Crippen LogP contribution in [0.1, 0.15) is 10.4 Å². The van der Waals surface area contributed by atoms with Gasteiger partial charge in [0.25, 0.3) is 0 Å². The molecule has 2 aliphatic rings. The van der Waals surface area contributed by atoms with E-state index in [1.165, 1.54) is 12.1 Å². The Bertz CT molecular complexity index is 862. The number of nitrogens with zero attached hydrogens (tertiary/aromatic N) is 3. The van der Waals surface area contributed by atoms with Crippen LogP contribution < -0.4 is 9.64 Å². The molecular weight excluding hydrogens is 350 g/mol. The highest BCUT2D eigenvalue weighted by molar-refractivity contribution is 5.93. The number of fused-ring (bicyclic) bond motifs is 1. The standard InChI is InChI=1S/C19H19N3O5/c23-18(24)14-3-1-13(2-4-14)15-5-6-16-17(20-15)22(9-12-27-16)19(25)21-7-10-26-11-8-21/h1-6H,7-12H2,(H,23,24). The first-order valence-corrected chi connectivity index (χ1v) is 8.75. The average molecular weight is 369 g/mol. The largest absolute Gasteiger partial charge is 0.488 e. The van der Waals surface area contributed by atoms with Gasteiger partial charge in [0, 0.05) is 18.7 Å². The van der Waals surface area contributed by atoms with Gasteiger partial charge in [0.15, 0.2) is 11.6 Å². The number of aromatic carboxylic acids is 1. The van der Waals surface area contributed by atoms with Crippen LogP contribution in [0, 0.1) is 0 Å². The van der Waals surface area contributed by atoms with Crippen molar-refractivity contribution in [1.29, 1.82) is 0 Å². The lowest BCUT2D eigenvalue weighted by Gasteiger charge is -2.35. The molecule has 2 aliphatic heterocycles. The lowest BCUT2D eigenvalue weighted by molar-refractivity contribution is 0.0544. The summed E-state index contributed by atoms with van der Waals surface area (Å²) in [6.07, 6.45) is 0. The molecule has 8 nitrogen and oxygen atoms in total. The summed E-state index contributed by atoms with van der Waals surface area (Å²) in [4.78, 5) is 32.0. The number of amides is 2. The minimum atomic E-state index is -0.976. The number of hydrogen-bond acceptors (Lipinski definition) is 5. The van der Waals surface area contributed by atoms with E-state index in [4.69, 9.17) is 14.6 Å². The Hall–Kier alpha value is -3.13. The van der Waals surface area contributed by atoms with Crippen molar-refractivity contribution < 1.29 is 24.2 Å². The Morgan fingerprint density at radius 2 is 1.70 bits per heavy atom. The molecule has 1 saturated heterocycles. The third kappa shape index (κ3) is 3.43. The maximum absolute atomic E-state index is 12.9. The number of carbonyl (C=O) groups excluding carboxylic acids is 1. The maximum Gasteiger partial charge on any atom is 0.335 e. The lowest BCUT2D eigenvalue weighted by Crippen LogP contribution is -2.50. The Kier molecular flexibility index (Phi) is 4.64. The lowest BCUT2D eigenvalue weighted by atomic mass is 10.1. The van der Waals surface area contributed by atoms with Crippen molar-refractivity contribution in [2.24, 2.45) is 0 Å². The van der Waals surface area contributed by atoms with Crippen molar-refractivity contribution in [3.05, 3.63) is 42.0 Å². The molecule has 0 bridgehead atoms. The number of hydrogen-bond donors (Lipinski definition) is 1. The van der Waals surface area contributed by atoms with Crippen molar-refractivity contribution in [2.45, 2.75) is 0 Å². The van der Waals surface area contributed by atoms with Crippen LogP contribution in [-0.2, 0) is 4.74 Å². The fraction of sp³-hybridized carbons (Fsp3) is 0.316. The van der Waals surface area contributed by atoms with E-state index in [0.29, 0.717) is 56.7 Å². The second kappa shape index (κ2) is 7.24. The first-order chi connectivity index (χ1) is 13.1. The first-order valence-electron chi connectivity index (χ1n) is 8.75. The van der Waals surface area contributed by atoms with E-state index in [1.54, 1.807) is 34.1 Å². The summed E-state index contributed by atoms with van der Waals surface area (Å²) in [5.74, 6) is 0.0713. The Labute approximate surface area is 155 Å². The zero-order chi connectivity index (χ0) is 18.8. The monoisotopic (exact) mass is 369 g/mol. The molecule has 0 unspecified atom stereocenters. The molecule has 1 N–H and O–H groups in total. The van der Waals surface area contributed by atoms with Gasteiger partial charge < -0.3 is 19.5 Å². The van der Waals surface area contributed by atoms with Crippen molar-refractivity contribution in [1.82, 2.24) is 9.88 Å². The summed E-state index contributed by atoms with van der Waals surface area (Å²) in [7, 11) is 0. The number of carboxylic acids is 1. The number of carbonyl (C=O) groups is 2. The first kappa shape index (κ1) is 17.3. The fourth-order valence-electron chi connectivity index (χ4n) is 3.15. The number of anilines is 1. The van der Waals surface area contributed by atoms with E-state index < -0.39 is 5.97 Å². The highest BCUT2D eigenvalue weighted by atomic mass is 16.5. The van der Waals surface area contributed by atoms with Gasteiger partial charge in [-0.3, -0.25) is 4.90 Å². The molecule has 4 rings (SSSR count). The second-order valence-corrected chi connectivity index (χ2v) is 6.28. The molecule has 0 spiro atoms. The predicted molar refractivity (Wildman–Crippen MR) is 97.3 cm³/mol. The number of carboxylic acid groups (broad SMARTS) is 1. The molecule has 3 heterocycles. The molecule has 1 fully saturated rings. The summed E-state index contributed by atoms with van der Waals surface area (Å²) in [6.45, 7) is 3.03. The molecule has 8 heteroatoms. The average Bonchev–Trinajstić information content (AvgIpc) is 2.73. The third-order valence-corrected chi connectivity index (χ3v) is 4.61. The number of aromatic nitrogens is 1. The van der Waals surface area contributed by atoms with Gasteiger partial charge in [-0.1, -0.05) is 12.1 Å². The van der Waals surface area contributed by atoms with E-state index in [9.17, 15) is 9.59 Å². The number of pyridine rings is 1. The van der Waals surface area contributed by atoms with Crippen LogP contribution in [0.5, 0.6) is 5.75 Å². The van der Waals surface area contributed by atoms with Gasteiger partial charge in [0.05, 0.1) is 31.0 Å². The minimum Gasteiger partial charge on any atom is -0.488 e. The van der Waals surface area contributed by atoms with Gasteiger partial charge in [-0.2, -0.15) is 0 Å². The van der Waals surface area contributed by atoms with Crippen LogP contribution in [0.25, 0.3) is 11.3 Å². The molecule has 1 aromatic heterocycles. The zero-order valence-corrected chi connectivity index (χ0v) is 14.6. The topological polar surface area (TPSA) is 92.2 Å². The van der Waals surface area contributed by atoms with E-state index in [2.05, 4.69) is 4.98 Å². The van der Waals surface area contributed by atoms with Gasteiger partial charge in [0.2, 0.25) is 0 Å². The van der Waals surface area contributed by atoms with Crippen molar-refractivity contribution in [3.8, 4) is 17.0 Å². The Balaban J connectivity index is 1.64. The Morgan fingerprint density at radius 3 is 2.41 bits per heavy atom. The van der Waals surface area contributed by atoms with Crippen molar-refractivity contribution >= 4 is 17.8 Å². The van der Waals surface area contributed by atoms with Gasteiger partial charge in [-0.05, 0) is 24.3 Å². The SMILES string of the molecule is O=C(O)c1ccc(-c2ccc3c(n2)N(C(=O)N2CCOCC2)CCO3)cc1. The minimum absolute atomic E-state index is 0.103. The summed E-state index contributed by atoms with van der Waals surface area (Å²) < 4.78 is 11.0. The number of morpholine rings is 1. The molecule has 0 radical (unpaired) electrons. The summed E-state index contributed by atoms with van der Waals surface area (Å²) >= 11 is 0. The predicted octanol–water partition coefficient (Wildman–Crippen LogP) is 2.10. The van der Waals surface area contributed by atoms with E-state index >= 15 is 0 Å². The highest BCUT2D eigenvalue weighted by Gasteiger charge is 2.30. The molecule has 27 heavy (non-hydrogen) atoms. The van der Waals surface area contributed by atoms with Crippen LogP contribution in [0.2, 0.25) is 0 Å². The molecule has 0 saturated carbocycles. The maximum atomic E-state index is 12.9. The smallest absolute Gasteiger partial charge is 0.335 e. The number of ether oxygens (including phenoxy) is 2. The van der Waals surface area contributed by atoms with E-state index in [-0.39, 0.29) is 11.6 Å². The molecule has 2 aromatic rings. The van der Waals surface area contributed by atoms with Crippen LogP contribution in [-0.4, -0.2) is 66.4 Å². The van der Waals surface area contributed by atoms with Crippen LogP contribution in [0.4, 0.5) is 10.6 Å². The Morgan fingerprint density at radius 1 is 0.963 bits per heavy atom. The zero-order valence-electron chi connectivity index (χ0n) is 14.6. The normalized spacial score (nSPS) is 16.4. The molecule has 140 valence electrons. The van der Waals surface area contributed by atoms with E-state index in [1.807, 2.05) is 0 Å². The molecule has 0 aliphatic carbocycles. The second-order valence-electron chi connectivity index (χ2n) is 6.28. The molecule has 1 aromatic carbocycles. The highest BCUT2D eigenvalue weighted by Crippen LogP contribution is 2.33. The quantitative estimate of drug-likeness (QED) is 0.872. The van der Waals surface area contributed by atoms with Crippen LogP contribution in [0.15, 0.2) is 36.4 Å². The summed E-state index contributed by atoms with van der Waals surface area (Å²) in [6, 6.07) is 9.97. The van der Waals surface area contributed by atoms with Crippen molar-refractivity contribution in [2.75, 3.05) is 44.4 Å². The molecular formula is C19H19N3O5. The third-order valence-electron chi connectivity index (χ3n) is 4.61. The summed E-state index contributed by atoms with van der Waals surface area (Å²) in [5.41, 5.74) is 1.63. The van der Waals surface area contributed by atoms with Gasteiger partial charge in [-0.25, -0.2) is 14.6 Å². The fourth-order valence-corrected chi connectivity index (χ4v) is 3.15. The van der Waals surface area contributed by atoms with Gasteiger partial charge in [-0.15, -0.1) is 0 Å². The molecule has 2 amide bonds.